The van der Waals surface area contributed by atoms with E-state index in [1.807, 2.05) is 0 Å². The number of hydrogen-bond acceptors (Lipinski definition) is 5. The number of anilines is 2. The van der Waals surface area contributed by atoms with Gasteiger partial charge in [0.05, 0.1) is 10.5 Å². The van der Waals surface area contributed by atoms with Crippen molar-refractivity contribution in [3.8, 4) is 11.5 Å². The van der Waals surface area contributed by atoms with E-state index < -0.39 is 21.7 Å². The fourth-order valence-electron chi connectivity index (χ4n) is 3.17. The highest BCUT2D eigenvalue weighted by Crippen LogP contribution is 2.38. The second-order valence-corrected chi connectivity index (χ2v) is 8.39. The predicted octanol–water partition coefficient (Wildman–Crippen LogP) is 4.10. The molecule has 1 aromatic heterocycles. The molecule has 2 aromatic carbocycles. The van der Waals surface area contributed by atoms with Crippen LogP contribution in [0.25, 0.3) is 0 Å². The fourth-order valence-corrected chi connectivity index (χ4v) is 4.25. The monoisotopic (exact) mass is 427 g/mol. The molecular weight excluding hydrogens is 409 g/mol. The summed E-state index contributed by atoms with van der Waals surface area (Å²) in [6, 6.07) is 11.3. The molecule has 0 saturated carbocycles. The first-order valence-corrected chi connectivity index (χ1v) is 10.7. The quantitative estimate of drug-likeness (QED) is 0.677. The minimum Gasteiger partial charge on any atom is -0.453 e. The van der Waals surface area contributed by atoms with E-state index in [0.29, 0.717) is 23.7 Å². The lowest BCUT2D eigenvalue weighted by Gasteiger charge is -2.18. The lowest BCUT2D eigenvalue weighted by atomic mass is 10.2. The number of ether oxygens (including phenoxy) is 1. The highest BCUT2D eigenvalue weighted by atomic mass is 32.2. The first kappa shape index (κ1) is 19.8. The smallest absolute Gasteiger partial charge is 0.263 e. The summed E-state index contributed by atoms with van der Waals surface area (Å²) in [5.41, 5.74) is 0.635. The van der Waals surface area contributed by atoms with E-state index in [2.05, 4.69) is 9.71 Å². The van der Waals surface area contributed by atoms with Gasteiger partial charge in [0.2, 0.25) is 0 Å². The van der Waals surface area contributed by atoms with Crippen LogP contribution >= 0.6 is 0 Å². The summed E-state index contributed by atoms with van der Waals surface area (Å²) >= 11 is 0. The molecule has 1 aliphatic heterocycles. The number of aryl methyl sites for hydroxylation is 1. The van der Waals surface area contributed by atoms with E-state index in [9.17, 15) is 17.6 Å². The first-order valence-electron chi connectivity index (χ1n) is 9.18. The van der Waals surface area contributed by atoms with Crippen LogP contribution in [-0.2, 0) is 10.0 Å². The molecule has 0 radical (unpaired) electrons. The Labute approximate surface area is 173 Å². The molecule has 30 heavy (non-hydrogen) atoms. The van der Waals surface area contributed by atoms with Gasteiger partial charge in [-0.2, -0.15) is 0 Å². The SMILES string of the molecule is CCN1C(=O)c2cc(S(=O)(=O)Nc3ccc(F)c(C)c3)ccc2Oc2cccnc21. The van der Waals surface area contributed by atoms with Gasteiger partial charge in [-0.05, 0) is 67.9 Å². The third kappa shape index (κ3) is 3.48. The summed E-state index contributed by atoms with van der Waals surface area (Å²) in [7, 11) is -4.02. The molecule has 7 nitrogen and oxygen atoms in total. The predicted molar refractivity (Wildman–Crippen MR) is 110 cm³/mol. The summed E-state index contributed by atoms with van der Waals surface area (Å²) in [5, 5.41) is 0. The first-order chi connectivity index (χ1) is 14.3. The molecular formula is C21H18FN3O4S. The van der Waals surface area contributed by atoms with Gasteiger partial charge in [0.1, 0.15) is 11.6 Å². The van der Waals surface area contributed by atoms with Crippen molar-refractivity contribution in [2.45, 2.75) is 18.7 Å². The Morgan fingerprint density at radius 2 is 1.93 bits per heavy atom. The molecule has 3 aromatic rings. The number of aromatic nitrogens is 1. The van der Waals surface area contributed by atoms with Crippen LogP contribution in [0.1, 0.15) is 22.8 Å². The number of nitrogens with one attached hydrogen (secondary N) is 1. The molecule has 1 aliphatic rings. The van der Waals surface area contributed by atoms with Gasteiger partial charge in [-0.25, -0.2) is 17.8 Å². The summed E-state index contributed by atoms with van der Waals surface area (Å²) in [6.07, 6.45) is 1.55. The molecule has 4 rings (SSSR count). The third-order valence-electron chi connectivity index (χ3n) is 4.69. The Hall–Kier alpha value is -3.46. The van der Waals surface area contributed by atoms with Crippen molar-refractivity contribution in [2.75, 3.05) is 16.2 Å². The van der Waals surface area contributed by atoms with Crippen LogP contribution in [0.15, 0.2) is 59.6 Å². The highest BCUT2D eigenvalue weighted by Gasteiger charge is 2.30. The number of benzene rings is 2. The van der Waals surface area contributed by atoms with Gasteiger partial charge in [0, 0.05) is 18.4 Å². The van der Waals surface area contributed by atoms with Crippen LogP contribution in [0.2, 0.25) is 0 Å². The lowest BCUT2D eigenvalue weighted by molar-refractivity contribution is 0.0987. The molecule has 0 unspecified atom stereocenters. The average molecular weight is 427 g/mol. The van der Waals surface area contributed by atoms with Crippen LogP contribution in [-0.4, -0.2) is 25.9 Å². The van der Waals surface area contributed by atoms with Gasteiger partial charge in [-0.15, -0.1) is 0 Å². The van der Waals surface area contributed by atoms with Gasteiger partial charge in [-0.1, -0.05) is 0 Å². The summed E-state index contributed by atoms with van der Waals surface area (Å²) in [6.45, 7) is 3.66. The van der Waals surface area contributed by atoms with Crippen molar-refractivity contribution in [2.24, 2.45) is 0 Å². The zero-order chi connectivity index (χ0) is 21.5. The van der Waals surface area contributed by atoms with Gasteiger partial charge in [0.15, 0.2) is 11.6 Å². The van der Waals surface area contributed by atoms with Crippen molar-refractivity contribution in [1.82, 2.24) is 4.98 Å². The van der Waals surface area contributed by atoms with Crippen LogP contribution in [0.4, 0.5) is 15.9 Å². The lowest BCUT2D eigenvalue weighted by Crippen LogP contribution is -2.30. The zero-order valence-corrected chi connectivity index (χ0v) is 17.0. The van der Waals surface area contributed by atoms with Gasteiger partial charge in [-0.3, -0.25) is 14.4 Å². The maximum absolute atomic E-state index is 13.5. The molecule has 0 bridgehead atoms. The minimum absolute atomic E-state index is 0.105. The van der Waals surface area contributed by atoms with Gasteiger partial charge in [0.25, 0.3) is 15.9 Å². The maximum Gasteiger partial charge on any atom is 0.263 e. The third-order valence-corrected chi connectivity index (χ3v) is 6.07. The molecule has 0 aliphatic carbocycles. The fraction of sp³-hybridized carbons (Fsp3) is 0.143. The Balaban J connectivity index is 1.74. The number of sulfonamides is 1. The van der Waals surface area contributed by atoms with Crippen molar-refractivity contribution >= 4 is 27.4 Å². The second-order valence-electron chi connectivity index (χ2n) is 6.70. The number of amides is 1. The van der Waals surface area contributed by atoms with Crippen LogP contribution in [0.5, 0.6) is 11.5 Å². The van der Waals surface area contributed by atoms with Crippen molar-refractivity contribution in [3.05, 3.63) is 71.7 Å². The van der Waals surface area contributed by atoms with Gasteiger partial charge >= 0.3 is 0 Å². The number of pyridine rings is 1. The molecule has 2 heterocycles. The van der Waals surface area contributed by atoms with E-state index in [1.165, 1.54) is 48.2 Å². The number of halogens is 1. The Morgan fingerprint density at radius 3 is 2.67 bits per heavy atom. The normalized spacial score (nSPS) is 13.2. The summed E-state index contributed by atoms with van der Waals surface area (Å²) in [5.74, 6) is 0.160. The van der Waals surface area contributed by atoms with Crippen molar-refractivity contribution in [1.29, 1.82) is 0 Å². The number of hydrogen-bond donors (Lipinski definition) is 1. The Morgan fingerprint density at radius 1 is 1.13 bits per heavy atom. The Bertz CT molecular complexity index is 1260. The molecule has 0 saturated heterocycles. The van der Waals surface area contributed by atoms with Crippen molar-refractivity contribution in [3.63, 3.8) is 0 Å². The molecule has 0 spiro atoms. The standard InChI is InChI=1S/C21H18FN3O4S/c1-3-25-20-19(5-4-10-23-20)29-18-9-7-15(12-16(18)21(25)26)30(27,28)24-14-6-8-17(22)13(2)11-14/h4-12,24H,3H2,1-2H3. The molecule has 0 atom stereocenters. The molecule has 1 N–H and O–H groups in total. The highest BCUT2D eigenvalue weighted by molar-refractivity contribution is 7.92. The summed E-state index contributed by atoms with van der Waals surface area (Å²) < 4.78 is 47.4. The van der Waals surface area contributed by atoms with Crippen LogP contribution in [0, 0.1) is 12.7 Å². The minimum atomic E-state index is -4.02. The largest absolute Gasteiger partial charge is 0.453 e. The van der Waals surface area contributed by atoms with E-state index >= 15 is 0 Å². The molecule has 154 valence electrons. The molecule has 9 heteroatoms. The number of fused-ring (bicyclic) bond motifs is 2. The topological polar surface area (TPSA) is 88.6 Å². The zero-order valence-electron chi connectivity index (χ0n) is 16.2. The molecule has 1 amide bonds. The second kappa shape index (κ2) is 7.42. The van der Waals surface area contributed by atoms with Crippen molar-refractivity contribution < 1.29 is 22.3 Å². The number of carbonyl (C=O) groups excluding carboxylic acids is 1. The van der Waals surface area contributed by atoms with Crippen LogP contribution in [0.3, 0.4) is 0 Å². The van der Waals surface area contributed by atoms with E-state index in [-0.39, 0.29) is 21.9 Å². The van der Waals surface area contributed by atoms with Gasteiger partial charge < -0.3 is 4.74 Å². The summed E-state index contributed by atoms with van der Waals surface area (Å²) in [4.78, 5) is 18.6. The number of carbonyl (C=O) groups is 1. The molecule has 0 fully saturated rings. The van der Waals surface area contributed by atoms with E-state index in [0.717, 1.165) is 0 Å². The van der Waals surface area contributed by atoms with E-state index in [1.54, 1.807) is 25.3 Å². The number of nitrogens with zero attached hydrogens (tertiary/aromatic N) is 2. The van der Waals surface area contributed by atoms with Crippen LogP contribution < -0.4 is 14.4 Å². The maximum atomic E-state index is 13.5. The van der Waals surface area contributed by atoms with E-state index in [4.69, 9.17) is 4.74 Å². The number of rotatable bonds is 4. The Kier molecular flexibility index (Phi) is 4.90. The average Bonchev–Trinajstić information content (AvgIpc) is 2.83.